The lowest BCUT2D eigenvalue weighted by molar-refractivity contribution is 0.593. The number of thioether (sulfide) groups is 1. The Morgan fingerprint density at radius 1 is 1.39 bits per heavy atom. The molecule has 1 N–H and O–H groups in total. The largest absolute Gasteiger partial charge is 0.283 e. The number of anilines is 1. The average Bonchev–Trinajstić information content (AvgIpc) is 2.70. The number of sulfonamides is 1. The molecule has 0 bridgehead atoms. The van der Waals surface area contributed by atoms with Crippen LogP contribution in [0.4, 0.5) is 5.69 Å². The number of hydrogen-bond donors (Lipinski definition) is 1. The Balaban J connectivity index is 2.36. The number of benzene rings is 1. The van der Waals surface area contributed by atoms with Crippen molar-refractivity contribution in [2.45, 2.75) is 23.4 Å². The van der Waals surface area contributed by atoms with Crippen LogP contribution in [0.2, 0.25) is 0 Å². The van der Waals surface area contributed by atoms with Crippen molar-refractivity contribution < 1.29 is 8.42 Å². The quantitative estimate of drug-likeness (QED) is 0.881. The van der Waals surface area contributed by atoms with Crippen molar-refractivity contribution in [3.8, 4) is 0 Å². The average molecular weight is 302 g/mol. The maximum Gasteiger partial charge on any atom is 0.235 e. The van der Waals surface area contributed by atoms with Gasteiger partial charge in [0.2, 0.25) is 10.0 Å². The van der Waals surface area contributed by atoms with Crippen LogP contribution in [0.1, 0.15) is 13.8 Å². The van der Waals surface area contributed by atoms with Gasteiger partial charge in [-0.25, -0.2) is 13.4 Å². The molecular formula is C11H14N2O2S3. The van der Waals surface area contributed by atoms with Crippen molar-refractivity contribution in [1.29, 1.82) is 0 Å². The van der Waals surface area contributed by atoms with Crippen LogP contribution in [-0.2, 0) is 10.0 Å². The summed E-state index contributed by atoms with van der Waals surface area (Å²) in [5.41, 5.74) is 1.49. The molecule has 2 rings (SSSR count). The van der Waals surface area contributed by atoms with Gasteiger partial charge in [-0.3, -0.25) is 4.72 Å². The van der Waals surface area contributed by atoms with Crippen LogP contribution < -0.4 is 4.72 Å². The smallest absolute Gasteiger partial charge is 0.235 e. The predicted molar refractivity (Wildman–Crippen MR) is 79.1 cm³/mol. The highest BCUT2D eigenvalue weighted by Gasteiger charge is 2.16. The fourth-order valence-corrected chi connectivity index (χ4v) is 3.56. The summed E-state index contributed by atoms with van der Waals surface area (Å²) in [4.78, 5) is 4.41. The molecule has 18 heavy (non-hydrogen) atoms. The summed E-state index contributed by atoms with van der Waals surface area (Å²) in [5, 5.41) is -0.448. The van der Waals surface area contributed by atoms with E-state index in [1.54, 1.807) is 43.0 Å². The summed E-state index contributed by atoms with van der Waals surface area (Å²) in [6.07, 6.45) is 1.97. The monoisotopic (exact) mass is 302 g/mol. The lowest BCUT2D eigenvalue weighted by Gasteiger charge is -2.10. The Bertz CT molecular complexity index is 662. The van der Waals surface area contributed by atoms with E-state index in [4.69, 9.17) is 0 Å². The molecule has 1 heterocycles. The lowest BCUT2D eigenvalue weighted by atomic mass is 10.3. The van der Waals surface area contributed by atoms with E-state index in [-0.39, 0.29) is 0 Å². The maximum atomic E-state index is 11.8. The number of aromatic nitrogens is 1. The number of thiazole rings is 1. The Labute approximate surface area is 115 Å². The first-order valence-electron chi connectivity index (χ1n) is 5.38. The molecule has 2 aromatic rings. The minimum Gasteiger partial charge on any atom is -0.283 e. The van der Waals surface area contributed by atoms with E-state index in [0.717, 1.165) is 14.6 Å². The highest BCUT2D eigenvalue weighted by atomic mass is 32.2. The van der Waals surface area contributed by atoms with Crippen LogP contribution in [0.15, 0.2) is 22.5 Å². The zero-order valence-corrected chi connectivity index (χ0v) is 12.7. The van der Waals surface area contributed by atoms with E-state index < -0.39 is 15.3 Å². The first-order chi connectivity index (χ1) is 8.42. The van der Waals surface area contributed by atoms with E-state index in [1.165, 1.54) is 0 Å². The molecule has 0 radical (unpaired) electrons. The number of hydrogen-bond acceptors (Lipinski definition) is 5. The molecule has 0 spiro atoms. The Hall–Kier alpha value is -0.790. The molecule has 0 unspecified atom stereocenters. The van der Waals surface area contributed by atoms with E-state index in [1.807, 2.05) is 18.4 Å². The first-order valence-corrected chi connectivity index (χ1v) is 8.97. The molecule has 0 fully saturated rings. The lowest BCUT2D eigenvalue weighted by Crippen LogP contribution is -2.22. The van der Waals surface area contributed by atoms with E-state index in [2.05, 4.69) is 9.71 Å². The van der Waals surface area contributed by atoms with Crippen LogP contribution in [-0.4, -0.2) is 24.9 Å². The van der Waals surface area contributed by atoms with Gasteiger partial charge in [0.15, 0.2) is 4.34 Å². The zero-order chi connectivity index (χ0) is 13.3. The molecule has 0 saturated carbocycles. The molecule has 0 aliphatic carbocycles. The minimum atomic E-state index is -3.29. The standard InChI is InChI=1S/C11H14N2O2S3/c1-7(2)18(14,15)13-8-4-5-9-10(6-8)17-11(12-9)16-3/h4-7,13H,1-3H3. The SMILES string of the molecule is CSc1nc2ccc(NS(=O)(=O)C(C)C)cc2s1. The molecule has 1 aromatic heterocycles. The summed E-state index contributed by atoms with van der Waals surface area (Å²) < 4.78 is 28.1. The molecule has 0 aliphatic rings. The Morgan fingerprint density at radius 2 is 2.11 bits per heavy atom. The van der Waals surface area contributed by atoms with Crippen molar-refractivity contribution in [2.75, 3.05) is 11.0 Å². The Morgan fingerprint density at radius 3 is 2.72 bits per heavy atom. The summed E-state index contributed by atoms with van der Waals surface area (Å²) in [6.45, 7) is 3.30. The Kier molecular flexibility index (Phi) is 3.84. The van der Waals surface area contributed by atoms with E-state index in [0.29, 0.717) is 5.69 Å². The second kappa shape index (κ2) is 5.07. The summed E-state index contributed by atoms with van der Waals surface area (Å²) in [5.74, 6) is 0. The number of nitrogens with one attached hydrogen (secondary N) is 1. The molecule has 98 valence electrons. The van der Waals surface area contributed by atoms with Crippen LogP contribution in [0.25, 0.3) is 10.2 Å². The third kappa shape index (κ3) is 2.78. The van der Waals surface area contributed by atoms with Crippen molar-refractivity contribution >= 4 is 49.0 Å². The molecule has 4 nitrogen and oxygen atoms in total. The van der Waals surface area contributed by atoms with Crippen molar-refractivity contribution in [3.05, 3.63) is 18.2 Å². The molecule has 0 atom stereocenters. The van der Waals surface area contributed by atoms with Crippen molar-refractivity contribution in [2.24, 2.45) is 0 Å². The molecular weight excluding hydrogens is 288 g/mol. The van der Waals surface area contributed by atoms with Gasteiger partial charge in [-0.05, 0) is 38.3 Å². The second-order valence-electron chi connectivity index (χ2n) is 4.06. The summed E-state index contributed by atoms with van der Waals surface area (Å²) >= 11 is 3.15. The minimum absolute atomic E-state index is 0.448. The van der Waals surface area contributed by atoms with Gasteiger partial charge in [-0.15, -0.1) is 11.3 Å². The van der Waals surface area contributed by atoms with Gasteiger partial charge in [-0.2, -0.15) is 0 Å². The highest BCUT2D eigenvalue weighted by Crippen LogP contribution is 2.30. The molecule has 0 saturated heterocycles. The summed E-state index contributed by atoms with van der Waals surface area (Å²) in [7, 11) is -3.29. The van der Waals surface area contributed by atoms with E-state index >= 15 is 0 Å². The van der Waals surface area contributed by atoms with E-state index in [9.17, 15) is 8.42 Å². The third-order valence-electron chi connectivity index (χ3n) is 2.42. The summed E-state index contributed by atoms with van der Waals surface area (Å²) in [6, 6.07) is 5.41. The van der Waals surface area contributed by atoms with Gasteiger partial charge in [0, 0.05) is 0 Å². The fraction of sp³-hybridized carbons (Fsp3) is 0.364. The normalized spacial score (nSPS) is 12.2. The molecule has 0 amide bonds. The number of fused-ring (bicyclic) bond motifs is 1. The molecule has 1 aromatic carbocycles. The topological polar surface area (TPSA) is 59.1 Å². The van der Waals surface area contributed by atoms with Gasteiger partial charge in [0.1, 0.15) is 0 Å². The van der Waals surface area contributed by atoms with Crippen molar-refractivity contribution in [3.63, 3.8) is 0 Å². The highest BCUT2D eigenvalue weighted by molar-refractivity contribution is 8.00. The van der Waals surface area contributed by atoms with Crippen LogP contribution in [0.5, 0.6) is 0 Å². The van der Waals surface area contributed by atoms with Gasteiger partial charge >= 0.3 is 0 Å². The second-order valence-corrected chi connectivity index (χ2v) is 8.38. The van der Waals surface area contributed by atoms with Gasteiger partial charge in [-0.1, -0.05) is 11.8 Å². The number of rotatable bonds is 4. The molecule has 7 heteroatoms. The van der Waals surface area contributed by atoms with Gasteiger partial charge in [0.05, 0.1) is 21.2 Å². The van der Waals surface area contributed by atoms with Crippen LogP contribution >= 0.6 is 23.1 Å². The molecule has 0 aliphatic heterocycles. The van der Waals surface area contributed by atoms with Gasteiger partial charge in [0.25, 0.3) is 0 Å². The van der Waals surface area contributed by atoms with Crippen LogP contribution in [0.3, 0.4) is 0 Å². The number of nitrogens with zero attached hydrogens (tertiary/aromatic N) is 1. The van der Waals surface area contributed by atoms with Crippen molar-refractivity contribution in [1.82, 2.24) is 4.98 Å². The first kappa shape index (κ1) is 13.6. The maximum absolute atomic E-state index is 11.8. The van der Waals surface area contributed by atoms with Crippen LogP contribution in [0, 0.1) is 0 Å². The predicted octanol–water partition coefficient (Wildman–Crippen LogP) is 3.17. The van der Waals surface area contributed by atoms with Gasteiger partial charge < -0.3 is 0 Å². The third-order valence-corrected chi connectivity index (χ3v) is 6.19. The fourth-order valence-electron chi connectivity index (χ4n) is 1.34. The zero-order valence-electron chi connectivity index (χ0n) is 10.3.